The number of rotatable bonds is 7. The van der Waals surface area contributed by atoms with Crippen LogP contribution in [0.5, 0.6) is 0 Å². The molecule has 0 saturated heterocycles. The van der Waals surface area contributed by atoms with E-state index in [4.69, 9.17) is 0 Å². The van der Waals surface area contributed by atoms with E-state index in [1.54, 1.807) is 11.8 Å². The topological polar surface area (TPSA) is 41.1 Å². The summed E-state index contributed by atoms with van der Waals surface area (Å²) in [5, 5.41) is 6.19. The summed E-state index contributed by atoms with van der Waals surface area (Å²) in [6.45, 7) is 3.91. The lowest BCUT2D eigenvalue weighted by atomic mass is 10.2. The Hall–Kier alpha value is -1.78. The van der Waals surface area contributed by atoms with E-state index in [9.17, 15) is 4.79 Å². The molecule has 0 spiro atoms. The predicted octanol–water partition coefficient (Wildman–Crippen LogP) is 3.53. The minimum Gasteiger partial charge on any atom is -0.325 e. The van der Waals surface area contributed by atoms with Gasteiger partial charge in [0, 0.05) is 17.1 Å². The Morgan fingerprint density at radius 1 is 1.10 bits per heavy atom. The number of amides is 1. The van der Waals surface area contributed by atoms with Crippen LogP contribution in [-0.4, -0.2) is 18.2 Å². The van der Waals surface area contributed by atoms with E-state index in [1.807, 2.05) is 42.5 Å². The molecule has 2 aromatic rings. The van der Waals surface area contributed by atoms with Gasteiger partial charge in [-0.25, -0.2) is 0 Å². The molecule has 1 amide bonds. The lowest BCUT2D eigenvalue weighted by molar-refractivity contribution is -0.113. The number of para-hydroxylation sites is 1. The summed E-state index contributed by atoms with van der Waals surface area (Å²) in [6.07, 6.45) is 0. The van der Waals surface area contributed by atoms with Gasteiger partial charge in [0.1, 0.15) is 0 Å². The number of nitrogens with one attached hydrogen (secondary N) is 2. The van der Waals surface area contributed by atoms with Crippen molar-refractivity contribution in [2.75, 3.05) is 17.6 Å². The van der Waals surface area contributed by atoms with Crippen LogP contribution >= 0.6 is 11.8 Å². The van der Waals surface area contributed by atoms with Crippen molar-refractivity contribution in [3.05, 3.63) is 60.2 Å². The number of thioether (sulfide) groups is 1. The maximum atomic E-state index is 11.9. The van der Waals surface area contributed by atoms with Gasteiger partial charge >= 0.3 is 0 Å². The van der Waals surface area contributed by atoms with E-state index in [0.717, 1.165) is 23.7 Å². The summed E-state index contributed by atoms with van der Waals surface area (Å²) in [5.74, 6) is 0.433. The van der Waals surface area contributed by atoms with E-state index in [1.165, 1.54) is 5.56 Å². The van der Waals surface area contributed by atoms with Crippen LogP contribution in [0.4, 0.5) is 5.69 Å². The average Bonchev–Trinajstić information content (AvgIpc) is 2.52. The number of carbonyl (C=O) groups excluding carboxylic acids is 1. The molecule has 0 aliphatic heterocycles. The molecule has 0 heterocycles. The Morgan fingerprint density at radius 3 is 2.67 bits per heavy atom. The second-order valence-electron chi connectivity index (χ2n) is 4.63. The Kier molecular flexibility index (Phi) is 6.31. The summed E-state index contributed by atoms with van der Waals surface area (Å²) in [7, 11) is 0. The molecule has 0 unspecified atom stereocenters. The van der Waals surface area contributed by atoms with Gasteiger partial charge in [-0.15, -0.1) is 11.8 Å². The molecule has 4 heteroatoms. The highest BCUT2D eigenvalue weighted by Gasteiger charge is 2.04. The van der Waals surface area contributed by atoms with E-state index in [2.05, 4.69) is 29.7 Å². The van der Waals surface area contributed by atoms with Crippen molar-refractivity contribution < 1.29 is 4.79 Å². The summed E-state index contributed by atoms with van der Waals surface area (Å²) in [5.41, 5.74) is 2.08. The highest BCUT2D eigenvalue weighted by atomic mass is 32.2. The minimum absolute atomic E-state index is 0.0169. The van der Waals surface area contributed by atoms with E-state index < -0.39 is 0 Å². The third kappa shape index (κ3) is 5.61. The summed E-state index contributed by atoms with van der Waals surface area (Å²) in [4.78, 5) is 13.0. The first-order valence-electron chi connectivity index (χ1n) is 7.05. The van der Waals surface area contributed by atoms with Crippen LogP contribution in [-0.2, 0) is 11.3 Å². The normalized spacial score (nSPS) is 10.3. The van der Waals surface area contributed by atoms with E-state index in [-0.39, 0.29) is 5.91 Å². The average molecular weight is 300 g/mol. The Morgan fingerprint density at radius 2 is 1.90 bits per heavy atom. The molecule has 2 rings (SSSR count). The van der Waals surface area contributed by atoms with Gasteiger partial charge in [-0.05, 0) is 36.4 Å². The zero-order valence-corrected chi connectivity index (χ0v) is 13.0. The second kappa shape index (κ2) is 8.49. The van der Waals surface area contributed by atoms with Gasteiger partial charge in [0.2, 0.25) is 5.91 Å². The fourth-order valence-corrected chi connectivity index (χ4v) is 2.66. The maximum Gasteiger partial charge on any atom is 0.234 e. The van der Waals surface area contributed by atoms with Crippen LogP contribution in [0.1, 0.15) is 12.5 Å². The monoisotopic (exact) mass is 300 g/mol. The molecule has 0 aliphatic rings. The third-order valence-corrected chi connectivity index (χ3v) is 3.90. The van der Waals surface area contributed by atoms with Crippen LogP contribution in [0.15, 0.2) is 59.5 Å². The van der Waals surface area contributed by atoms with Crippen molar-refractivity contribution >= 4 is 23.4 Å². The summed E-state index contributed by atoms with van der Waals surface area (Å²) in [6, 6.07) is 17.8. The fraction of sp³-hybridized carbons (Fsp3) is 0.235. The molecule has 0 bridgehead atoms. The standard InChI is InChI=1S/C17H20N2OS/c1-2-18-12-14-7-6-10-16(11-14)21-13-17(20)19-15-8-4-3-5-9-15/h3-11,18H,2,12-13H2,1H3,(H,19,20). The molecular formula is C17H20N2OS. The highest BCUT2D eigenvalue weighted by Crippen LogP contribution is 2.19. The first-order valence-corrected chi connectivity index (χ1v) is 8.04. The molecule has 0 fully saturated rings. The van der Waals surface area contributed by atoms with E-state index >= 15 is 0 Å². The first kappa shape index (κ1) is 15.6. The quantitative estimate of drug-likeness (QED) is 0.769. The molecule has 0 saturated carbocycles. The second-order valence-corrected chi connectivity index (χ2v) is 5.68. The molecule has 21 heavy (non-hydrogen) atoms. The van der Waals surface area contributed by atoms with E-state index in [0.29, 0.717) is 5.75 Å². The maximum absolute atomic E-state index is 11.9. The van der Waals surface area contributed by atoms with Gasteiger partial charge in [-0.1, -0.05) is 37.3 Å². The zero-order chi connectivity index (χ0) is 14.9. The van der Waals surface area contributed by atoms with Crippen molar-refractivity contribution in [3.8, 4) is 0 Å². The van der Waals surface area contributed by atoms with Crippen molar-refractivity contribution in [3.63, 3.8) is 0 Å². The molecule has 0 aromatic heterocycles. The molecule has 0 radical (unpaired) electrons. The molecule has 2 N–H and O–H groups in total. The number of anilines is 1. The van der Waals surface area contributed by atoms with Crippen molar-refractivity contribution in [2.45, 2.75) is 18.4 Å². The van der Waals surface area contributed by atoms with Crippen molar-refractivity contribution in [1.29, 1.82) is 0 Å². The Bertz CT molecular complexity index is 572. The molecule has 110 valence electrons. The molecule has 3 nitrogen and oxygen atoms in total. The summed E-state index contributed by atoms with van der Waals surface area (Å²) < 4.78 is 0. The van der Waals surface area contributed by atoms with Crippen LogP contribution in [0, 0.1) is 0 Å². The van der Waals surface area contributed by atoms with Gasteiger partial charge in [0.15, 0.2) is 0 Å². The predicted molar refractivity (Wildman–Crippen MR) is 89.6 cm³/mol. The SMILES string of the molecule is CCNCc1cccc(SCC(=O)Nc2ccccc2)c1. The minimum atomic E-state index is 0.0169. The zero-order valence-electron chi connectivity index (χ0n) is 12.1. The lowest BCUT2D eigenvalue weighted by Crippen LogP contribution is -2.14. The summed E-state index contributed by atoms with van der Waals surface area (Å²) >= 11 is 1.56. The van der Waals surface area contributed by atoms with Crippen molar-refractivity contribution in [1.82, 2.24) is 5.32 Å². The number of carbonyl (C=O) groups is 1. The molecule has 0 aliphatic carbocycles. The Labute approximate surface area is 130 Å². The Balaban J connectivity index is 1.83. The van der Waals surface area contributed by atoms with Gasteiger partial charge < -0.3 is 10.6 Å². The van der Waals surface area contributed by atoms with Gasteiger partial charge in [0.05, 0.1) is 5.75 Å². The molecular weight excluding hydrogens is 280 g/mol. The van der Waals surface area contributed by atoms with Crippen LogP contribution < -0.4 is 10.6 Å². The lowest BCUT2D eigenvalue weighted by Gasteiger charge is -2.07. The largest absolute Gasteiger partial charge is 0.325 e. The number of benzene rings is 2. The third-order valence-electron chi connectivity index (χ3n) is 2.91. The van der Waals surface area contributed by atoms with Gasteiger partial charge in [-0.3, -0.25) is 4.79 Å². The van der Waals surface area contributed by atoms with Gasteiger partial charge in [0.25, 0.3) is 0 Å². The first-order chi connectivity index (χ1) is 10.3. The fourth-order valence-electron chi connectivity index (χ4n) is 1.88. The van der Waals surface area contributed by atoms with Crippen LogP contribution in [0.25, 0.3) is 0 Å². The smallest absolute Gasteiger partial charge is 0.234 e. The number of hydrogen-bond donors (Lipinski definition) is 2. The molecule has 0 atom stereocenters. The highest BCUT2D eigenvalue weighted by molar-refractivity contribution is 8.00. The van der Waals surface area contributed by atoms with Crippen molar-refractivity contribution in [2.24, 2.45) is 0 Å². The van der Waals surface area contributed by atoms with Gasteiger partial charge in [-0.2, -0.15) is 0 Å². The molecule has 2 aromatic carbocycles. The number of hydrogen-bond acceptors (Lipinski definition) is 3. The van der Waals surface area contributed by atoms with Crippen LogP contribution in [0.2, 0.25) is 0 Å². The van der Waals surface area contributed by atoms with Crippen LogP contribution in [0.3, 0.4) is 0 Å².